The molecule has 0 radical (unpaired) electrons. The van der Waals surface area contributed by atoms with Gasteiger partial charge in [0.1, 0.15) is 5.56 Å². The summed E-state index contributed by atoms with van der Waals surface area (Å²) in [5, 5.41) is 6.64. The predicted molar refractivity (Wildman–Crippen MR) is 85.3 cm³/mol. The second-order valence-electron chi connectivity index (χ2n) is 4.46. The van der Waals surface area contributed by atoms with Gasteiger partial charge in [-0.2, -0.15) is 0 Å². The van der Waals surface area contributed by atoms with Gasteiger partial charge >= 0.3 is 5.97 Å². The van der Waals surface area contributed by atoms with Crippen molar-refractivity contribution in [1.29, 1.82) is 0 Å². The van der Waals surface area contributed by atoms with Crippen molar-refractivity contribution in [3.8, 4) is 0 Å². The molecule has 0 spiro atoms. The summed E-state index contributed by atoms with van der Waals surface area (Å²) < 4.78 is 5.03. The molecule has 1 heterocycles. The van der Waals surface area contributed by atoms with Gasteiger partial charge in [-0.05, 0) is 25.1 Å². The number of anilines is 1. The van der Waals surface area contributed by atoms with Crippen molar-refractivity contribution in [3.63, 3.8) is 0 Å². The van der Waals surface area contributed by atoms with Crippen LogP contribution in [-0.2, 0) is 9.53 Å². The minimum absolute atomic E-state index is 0.0224. The van der Waals surface area contributed by atoms with Crippen molar-refractivity contribution in [1.82, 2.24) is 10.3 Å². The van der Waals surface area contributed by atoms with Gasteiger partial charge in [-0.3, -0.25) is 9.78 Å². The number of carbonyl (C=O) groups is 2. The summed E-state index contributed by atoms with van der Waals surface area (Å²) in [5.74, 6) is -0.710. The molecule has 1 amide bonds. The second kappa shape index (κ2) is 7.09. The highest BCUT2D eigenvalue weighted by Gasteiger charge is 2.17. The Bertz CT molecular complexity index is 718. The van der Waals surface area contributed by atoms with E-state index in [1.54, 1.807) is 25.1 Å². The van der Waals surface area contributed by atoms with Crippen LogP contribution in [0, 0.1) is 0 Å². The predicted octanol–water partition coefficient (Wildman–Crippen LogP) is 2.22. The van der Waals surface area contributed by atoms with E-state index in [1.165, 1.54) is 13.2 Å². The van der Waals surface area contributed by atoms with E-state index in [-0.39, 0.29) is 24.6 Å². The number of hydrogen-bond acceptors (Lipinski definition) is 5. The Hall–Kier alpha value is -2.34. The lowest BCUT2D eigenvalue weighted by molar-refractivity contribution is -0.118. The second-order valence-corrected chi connectivity index (χ2v) is 4.89. The molecule has 116 valence electrons. The third-order valence-electron chi connectivity index (χ3n) is 3.03. The molecule has 0 atom stereocenters. The van der Waals surface area contributed by atoms with Crippen molar-refractivity contribution in [2.75, 3.05) is 25.5 Å². The standard InChI is InChI=1S/C15H16ClN3O3/c1-3-22-15(21)11-7-18-12-5-4-9(16)6-10(12)14(11)19-8-13(20)17-2/h4-7H,3,8H2,1-2H3,(H,17,20)(H,18,19). The number of rotatable bonds is 5. The van der Waals surface area contributed by atoms with Crippen LogP contribution in [0.4, 0.5) is 5.69 Å². The molecule has 22 heavy (non-hydrogen) atoms. The molecule has 2 N–H and O–H groups in total. The van der Waals surface area contributed by atoms with E-state index < -0.39 is 5.97 Å². The summed E-state index contributed by atoms with van der Waals surface area (Å²) in [7, 11) is 1.54. The van der Waals surface area contributed by atoms with Crippen LogP contribution < -0.4 is 10.6 Å². The maximum Gasteiger partial charge on any atom is 0.341 e. The highest BCUT2D eigenvalue weighted by Crippen LogP contribution is 2.28. The maximum absolute atomic E-state index is 12.1. The van der Waals surface area contributed by atoms with Crippen LogP contribution in [-0.4, -0.2) is 37.1 Å². The van der Waals surface area contributed by atoms with Crippen LogP contribution in [0.15, 0.2) is 24.4 Å². The maximum atomic E-state index is 12.1. The number of fused-ring (bicyclic) bond motifs is 1. The average Bonchev–Trinajstić information content (AvgIpc) is 2.52. The van der Waals surface area contributed by atoms with E-state index in [9.17, 15) is 9.59 Å². The summed E-state index contributed by atoms with van der Waals surface area (Å²) in [4.78, 5) is 27.8. The number of halogens is 1. The molecule has 2 aromatic rings. The Morgan fingerprint density at radius 1 is 1.36 bits per heavy atom. The number of benzene rings is 1. The Morgan fingerprint density at radius 3 is 2.82 bits per heavy atom. The molecule has 1 aromatic heterocycles. The van der Waals surface area contributed by atoms with Gasteiger partial charge in [0, 0.05) is 23.7 Å². The van der Waals surface area contributed by atoms with E-state index in [0.29, 0.717) is 21.6 Å². The van der Waals surface area contributed by atoms with Gasteiger partial charge < -0.3 is 15.4 Å². The summed E-state index contributed by atoms with van der Waals surface area (Å²) in [6.07, 6.45) is 1.43. The summed E-state index contributed by atoms with van der Waals surface area (Å²) in [6, 6.07) is 5.15. The van der Waals surface area contributed by atoms with Gasteiger partial charge in [-0.25, -0.2) is 4.79 Å². The molecule has 0 bridgehead atoms. The van der Waals surface area contributed by atoms with Crippen LogP contribution in [0.25, 0.3) is 10.9 Å². The largest absolute Gasteiger partial charge is 0.462 e. The third-order valence-corrected chi connectivity index (χ3v) is 3.27. The minimum atomic E-state index is -0.503. The molecule has 2 rings (SSSR count). The zero-order valence-electron chi connectivity index (χ0n) is 12.3. The number of hydrogen-bond donors (Lipinski definition) is 2. The molecule has 0 aliphatic rings. The fraction of sp³-hybridized carbons (Fsp3) is 0.267. The quantitative estimate of drug-likeness (QED) is 0.825. The molecule has 0 fully saturated rings. The van der Waals surface area contributed by atoms with Gasteiger partial charge in [-0.1, -0.05) is 11.6 Å². The van der Waals surface area contributed by atoms with Crippen LogP contribution in [0.1, 0.15) is 17.3 Å². The number of esters is 1. The molecule has 7 heteroatoms. The normalized spacial score (nSPS) is 10.3. The highest BCUT2D eigenvalue weighted by atomic mass is 35.5. The van der Waals surface area contributed by atoms with Gasteiger partial charge in [0.15, 0.2) is 0 Å². The Labute approximate surface area is 132 Å². The molecule has 0 aliphatic heterocycles. The average molecular weight is 322 g/mol. The molecule has 1 aromatic carbocycles. The lowest BCUT2D eigenvalue weighted by atomic mass is 10.1. The third kappa shape index (κ3) is 3.46. The summed E-state index contributed by atoms with van der Waals surface area (Å²) in [5.41, 5.74) is 1.41. The molecule has 0 unspecified atom stereocenters. The molecule has 0 saturated heterocycles. The number of carbonyl (C=O) groups excluding carboxylic acids is 2. The number of amides is 1. The van der Waals surface area contributed by atoms with Crippen molar-refractivity contribution >= 4 is 40.1 Å². The molecular weight excluding hydrogens is 306 g/mol. The molecule has 6 nitrogen and oxygen atoms in total. The minimum Gasteiger partial charge on any atom is -0.462 e. The SMILES string of the molecule is CCOC(=O)c1cnc2ccc(Cl)cc2c1NCC(=O)NC. The number of aromatic nitrogens is 1. The van der Waals surface area contributed by atoms with E-state index in [4.69, 9.17) is 16.3 Å². The van der Waals surface area contributed by atoms with Crippen LogP contribution in [0.2, 0.25) is 5.02 Å². The summed E-state index contributed by atoms with van der Waals surface area (Å²) >= 11 is 6.02. The number of nitrogens with zero attached hydrogens (tertiary/aromatic N) is 1. The molecular formula is C15H16ClN3O3. The van der Waals surface area contributed by atoms with Crippen molar-refractivity contribution in [2.45, 2.75) is 6.92 Å². The Morgan fingerprint density at radius 2 is 2.14 bits per heavy atom. The number of likely N-dealkylation sites (N-methyl/N-ethyl adjacent to an activating group) is 1. The van der Waals surface area contributed by atoms with Crippen molar-refractivity contribution < 1.29 is 14.3 Å². The smallest absolute Gasteiger partial charge is 0.341 e. The lowest BCUT2D eigenvalue weighted by Gasteiger charge is -2.13. The van der Waals surface area contributed by atoms with Gasteiger partial charge in [0.2, 0.25) is 5.91 Å². The lowest BCUT2D eigenvalue weighted by Crippen LogP contribution is -2.27. The Kier molecular flexibility index (Phi) is 5.16. The first-order valence-corrected chi connectivity index (χ1v) is 7.14. The number of ether oxygens (including phenoxy) is 1. The van der Waals surface area contributed by atoms with Gasteiger partial charge in [0.25, 0.3) is 0 Å². The van der Waals surface area contributed by atoms with Crippen molar-refractivity contribution in [3.05, 3.63) is 35.0 Å². The molecule has 0 aliphatic carbocycles. The van der Waals surface area contributed by atoms with Crippen molar-refractivity contribution in [2.24, 2.45) is 0 Å². The topological polar surface area (TPSA) is 80.3 Å². The Balaban J connectivity index is 2.52. The fourth-order valence-corrected chi connectivity index (χ4v) is 2.15. The first kappa shape index (κ1) is 16.0. The first-order chi connectivity index (χ1) is 10.6. The monoisotopic (exact) mass is 321 g/mol. The number of pyridine rings is 1. The van der Waals surface area contributed by atoms with E-state index in [2.05, 4.69) is 15.6 Å². The van der Waals surface area contributed by atoms with E-state index in [0.717, 1.165) is 0 Å². The molecule has 0 saturated carbocycles. The first-order valence-electron chi connectivity index (χ1n) is 6.76. The van der Waals surface area contributed by atoms with Gasteiger partial charge in [0.05, 0.1) is 24.4 Å². The summed E-state index contributed by atoms with van der Waals surface area (Å²) in [6.45, 7) is 2.00. The highest BCUT2D eigenvalue weighted by molar-refractivity contribution is 6.31. The zero-order chi connectivity index (χ0) is 16.1. The van der Waals surface area contributed by atoms with E-state index >= 15 is 0 Å². The van der Waals surface area contributed by atoms with Crippen LogP contribution in [0.5, 0.6) is 0 Å². The number of nitrogens with one attached hydrogen (secondary N) is 2. The van der Waals surface area contributed by atoms with Crippen LogP contribution >= 0.6 is 11.6 Å². The zero-order valence-corrected chi connectivity index (χ0v) is 13.0. The van der Waals surface area contributed by atoms with Crippen LogP contribution in [0.3, 0.4) is 0 Å². The fourth-order valence-electron chi connectivity index (χ4n) is 1.98. The van der Waals surface area contributed by atoms with E-state index in [1.807, 2.05) is 0 Å². The van der Waals surface area contributed by atoms with Gasteiger partial charge in [-0.15, -0.1) is 0 Å².